The zero-order valence-corrected chi connectivity index (χ0v) is 12.0. The van der Waals surface area contributed by atoms with Crippen LogP contribution in [0, 0.1) is 0 Å². The number of pyridine rings is 1. The Kier molecular flexibility index (Phi) is 4.97. The minimum atomic E-state index is -0.609. The number of amides is 2. The first-order valence-corrected chi connectivity index (χ1v) is 7.16. The summed E-state index contributed by atoms with van der Waals surface area (Å²) < 4.78 is 0. The van der Waals surface area contributed by atoms with Crippen molar-refractivity contribution in [1.82, 2.24) is 9.88 Å². The summed E-state index contributed by atoms with van der Waals surface area (Å²) in [7, 11) is 0. The number of nitrogen functional groups attached to an aromatic ring is 1. The van der Waals surface area contributed by atoms with Gasteiger partial charge in [-0.2, -0.15) is 0 Å². The minimum absolute atomic E-state index is 0.131. The van der Waals surface area contributed by atoms with E-state index >= 15 is 0 Å². The van der Waals surface area contributed by atoms with Crippen molar-refractivity contribution in [2.45, 2.75) is 25.7 Å². The Labute approximate surface area is 123 Å². The van der Waals surface area contributed by atoms with Gasteiger partial charge < -0.3 is 21.7 Å². The van der Waals surface area contributed by atoms with E-state index in [0.717, 1.165) is 25.9 Å². The second kappa shape index (κ2) is 6.92. The van der Waals surface area contributed by atoms with Crippen LogP contribution < -0.4 is 16.8 Å². The maximum absolute atomic E-state index is 12.0. The van der Waals surface area contributed by atoms with Crippen LogP contribution in [-0.2, 0) is 4.79 Å². The first-order chi connectivity index (χ1) is 10.1. The molecule has 7 nitrogen and oxygen atoms in total. The second-order valence-electron chi connectivity index (χ2n) is 5.12. The average Bonchev–Trinajstić information content (AvgIpc) is 2.49. The van der Waals surface area contributed by atoms with Crippen LogP contribution in [-0.4, -0.2) is 41.3 Å². The molecule has 0 unspecified atom stereocenters. The van der Waals surface area contributed by atoms with E-state index in [2.05, 4.69) is 10.3 Å². The average molecular weight is 291 g/mol. The van der Waals surface area contributed by atoms with Gasteiger partial charge in [-0.15, -0.1) is 0 Å². The Hall–Kier alpha value is -2.31. The Bertz CT molecular complexity index is 526. The molecule has 1 aliphatic heterocycles. The SMILES string of the molecule is NC(=O)c1ccc(N)c(NCCC(=O)N2CCCCC2)n1. The summed E-state index contributed by atoms with van der Waals surface area (Å²) in [4.78, 5) is 29.0. The predicted octanol–water partition coefficient (Wildman–Crippen LogP) is 0.577. The van der Waals surface area contributed by atoms with E-state index < -0.39 is 5.91 Å². The number of hydrogen-bond acceptors (Lipinski definition) is 5. The summed E-state index contributed by atoms with van der Waals surface area (Å²) in [5.74, 6) is -0.0907. The molecule has 1 aromatic heterocycles. The van der Waals surface area contributed by atoms with Gasteiger partial charge in [0.25, 0.3) is 5.91 Å². The van der Waals surface area contributed by atoms with Gasteiger partial charge in [-0.1, -0.05) is 0 Å². The molecule has 0 aliphatic carbocycles. The lowest BCUT2D eigenvalue weighted by molar-refractivity contribution is -0.131. The number of aromatic nitrogens is 1. The highest BCUT2D eigenvalue weighted by atomic mass is 16.2. The number of piperidine rings is 1. The van der Waals surface area contributed by atoms with Crippen molar-refractivity contribution in [3.8, 4) is 0 Å². The molecule has 1 saturated heterocycles. The van der Waals surface area contributed by atoms with E-state index in [4.69, 9.17) is 11.5 Å². The molecule has 1 fully saturated rings. The Morgan fingerprint density at radius 1 is 1.24 bits per heavy atom. The Morgan fingerprint density at radius 2 is 1.95 bits per heavy atom. The van der Waals surface area contributed by atoms with E-state index in [1.165, 1.54) is 12.5 Å². The molecule has 2 heterocycles. The summed E-state index contributed by atoms with van der Waals surface area (Å²) in [6, 6.07) is 3.05. The van der Waals surface area contributed by atoms with Crippen molar-refractivity contribution in [2.24, 2.45) is 5.73 Å². The minimum Gasteiger partial charge on any atom is -0.396 e. The van der Waals surface area contributed by atoms with Crippen LogP contribution in [0.2, 0.25) is 0 Å². The molecule has 0 atom stereocenters. The number of primary amides is 1. The van der Waals surface area contributed by atoms with Gasteiger partial charge in [-0.05, 0) is 31.4 Å². The molecule has 5 N–H and O–H groups in total. The smallest absolute Gasteiger partial charge is 0.267 e. The summed E-state index contributed by atoms with van der Waals surface area (Å²) in [6.07, 6.45) is 3.73. The molecule has 0 radical (unpaired) electrons. The van der Waals surface area contributed by atoms with Crippen LogP contribution in [0.1, 0.15) is 36.2 Å². The fourth-order valence-electron chi connectivity index (χ4n) is 2.34. The van der Waals surface area contributed by atoms with Gasteiger partial charge in [0.05, 0.1) is 5.69 Å². The highest BCUT2D eigenvalue weighted by molar-refractivity contribution is 5.91. The maximum atomic E-state index is 12.0. The van der Waals surface area contributed by atoms with E-state index in [0.29, 0.717) is 24.5 Å². The fourth-order valence-corrected chi connectivity index (χ4v) is 2.34. The summed E-state index contributed by atoms with van der Waals surface area (Å²) in [5.41, 5.74) is 11.5. The zero-order valence-electron chi connectivity index (χ0n) is 12.0. The van der Waals surface area contributed by atoms with Gasteiger partial charge in [0.1, 0.15) is 11.5 Å². The number of nitrogens with zero attached hydrogens (tertiary/aromatic N) is 2. The van der Waals surface area contributed by atoms with Crippen LogP contribution in [0.4, 0.5) is 11.5 Å². The molecule has 21 heavy (non-hydrogen) atoms. The van der Waals surface area contributed by atoms with Crippen LogP contribution in [0.3, 0.4) is 0 Å². The number of carbonyl (C=O) groups is 2. The van der Waals surface area contributed by atoms with Crippen LogP contribution >= 0.6 is 0 Å². The molecule has 0 saturated carbocycles. The zero-order chi connectivity index (χ0) is 15.2. The van der Waals surface area contributed by atoms with E-state index in [9.17, 15) is 9.59 Å². The van der Waals surface area contributed by atoms with Crippen molar-refractivity contribution < 1.29 is 9.59 Å². The predicted molar refractivity (Wildman–Crippen MR) is 80.7 cm³/mol. The van der Waals surface area contributed by atoms with E-state index in [1.54, 1.807) is 6.07 Å². The quantitative estimate of drug-likeness (QED) is 0.734. The first kappa shape index (κ1) is 15.1. The Balaban J connectivity index is 1.86. The molecule has 2 rings (SSSR count). The summed E-state index contributed by atoms with van der Waals surface area (Å²) in [5, 5.41) is 2.99. The van der Waals surface area contributed by atoms with Crippen molar-refractivity contribution >= 4 is 23.3 Å². The number of nitrogens with one attached hydrogen (secondary N) is 1. The summed E-state index contributed by atoms with van der Waals surface area (Å²) >= 11 is 0. The number of hydrogen-bond donors (Lipinski definition) is 3. The normalized spacial score (nSPS) is 14.8. The van der Waals surface area contributed by atoms with Crippen LogP contribution in [0.5, 0.6) is 0 Å². The van der Waals surface area contributed by atoms with Gasteiger partial charge in [-0.25, -0.2) is 4.98 Å². The van der Waals surface area contributed by atoms with E-state index in [1.807, 2.05) is 4.90 Å². The molecule has 0 aromatic carbocycles. The van der Waals surface area contributed by atoms with Crippen molar-refractivity contribution in [3.05, 3.63) is 17.8 Å². The topological polar surface area (TPSA) is 114 Å². The molecule has 7 heteroatoms. The number of nitrogens with two attached hydrogens (primary N) is 2. The standard InChI is InChI=1S/C14H21N5O2/c15-10-4-5-11(13(16)21)18-14(10)17-7-6-12(20)19-8-2-1-3-9-19/h4-5H,1-3,6-9,15H2,(H2,16,21)(H,17,18). The highest BCUT2D eigenvalue weighted by Crippen LogP contribution is 2.16. The van der Waals surface area contributed by atoms with Crippen molar-refractivity contribution in [1.29, 1.82) is 0 Å². The van der Waals surface area contributed by atoms with Crippen molar-refractivity contribution in [2.75, 3.05) is 30.7 Å². The van der Waals surface area contributed by atoms with Crippen LogP contribution in [0.15, 0.2) is 12.1 Å². The molecule has 1 aliphatic rings. The lowest BCUT2D eigenvalue weighted by Crippen LogP contribution is -2.36. The van der Waals surface area contributed by atoms with Gasteiger partial charge >= 0.3 is 0 Å². The van der Waals surface area contributed by atoms with Gasteiger partial charge in [0, 0.05) is 26.1 Å². The third-order valence-electron chi connectivity index (χ3n) is 3.52. The molecule has 0 bridgehead atoms. The molecule has 0 spiro atoms. The molecular formula is C14H21N5O2. The number of anilines is 2. The maximum Gasteiger partial charge on any atom is 0.267 e. The monoisotopic (exact) mass is 291 g/mol. The molecular weight excluding hydrogens is 270 g/mol. The lowest BCUT2D eigenvalue weighted by atomic mass is 10.1. The van der Waals surface area contributed by atoms with E-state index in [-0.39, 0.29) is 11.6 Å². The molecule has 114 valence electrons. The van der Waals surface area contributed by atoms with Crippen molar-refractivity contribution in [3.63, 3.8) is 0 Å². The molecule has 2 amide bonds. The van der Waals surface area contributed by atoms with Gasteiger partial charge in [-0.3, -0.25) is 9.59 Å². The summed E-state index contributed by atoms with van der Waals surface area (Å²) in [6.45, 7) is 2.11. The number of likely N-dealkylation sites (tertiary alicyclic amines) is 1. The molecule has 1 aromatic rings. The third kappa shape index (κ3) is 4.08. The largest absolute Gasteiger partial charge is 0.396 e. The second-order valence-corrected chi connectivity index (χ2v) is 5.12. The highest BCUT2D eigenvalue weighted by Gasteiger charge is 2.16. The number of rotatable bonds is 5. The third-order valence-corrected chi connectivity index (χ3v) is 3.52. The van der Waals surface area contributed by atoms with Crippen LogP contribution in [0.25, 0.3) is 0 Å². The number of carbonyl (C=O) groups excluding carboxylic acids is 2. The first-order valence-electron chi connectivity index (χ1n) is 7.16. The fraction of sp³-hybridized carbons (Fsp3) is 0.500. The Morgan fingerprint density at radius 3 is 2.62 bits per heavy atom. The van der Waals surface area contributed by atoms with Gasteiger partial charge in [0.15, 0.2) is 0 Å². The van der Waals surface area contributed by atoms with Gasteiger partial charge in [0.2, 0.25) is 5.91 Å². The lowest BCUT2D eigenvalue weighted by Gasteiger charge is -2.26.